The Bertz CT molecular complexity index is 506. The van der Waals surface area contributed by atoms with Gasteiger partial charge in [0.25, 0.3) is 0 Å². The number of nitrogens with one attached hydrogen (secondary N) is 1. The van der Waals surface area contributed by atoms with E-state index in [2.05, 4.69) is 42.3 Å². The SMILES string of the molecule is CC(C)N1C(=O)CCc2cc(N3CCNCC3)ccc21. The number of hydrogen-bond donors (Lipinski definition) is 1. The van der Waals surface area contributed by atoms with Gasteiger partial charge >= 0.3 is 0 Å². The third-order valence-electron chi connectivity index (χ3n) is 4.20. The largest absolute Gasteiger partial charge is 0.369 e. The highest BCUT2D eigenvalue weighted by atomic mass is 16.2. The fourth-order valence-electron chi connectivity index (χ4n) is 3.19. The number of anilines is 2. The summed E-state index contributed by atoms with van der Waals surface area (Å²) in [5.74, 6) is 0.252. The van der Waals surface area contributed by atoms with Crippen LogP contribution in [0.15, 0.2) is 18.2 Å². The van der Waals surface area contributed by atoms with Crippen LogP contribution in [0.3, 0.4) is 0 Å². The molecule has 4 nitrogen and oxygen atoms in total. The summed E-state index contributed by atoms with van der Waals surface area (Å²) in [5.41, 5.74) is 3.72. The van der Waals surface area contributed by atoms with Crippen LogP contribution in [0.1, 0.15) is 25.8 Å². The lowest BCUT2D eigenvalue weighted by molar-refractivity contribution is -0.119. The number of hydrogen-bond acceptors (Lipinski definition) is 3. The first-order chi connectivity index (χ1) is 9.66. The van der Waals surface area contributed by atoms with Gasteiger partial charge in [0.2, 0.25) is 5.91 Å². The Morgan fingerprint density at radius 1 is 1.15 bits per heavy atom. The van der Waals surface area contributed by atoms with Crippen molar-refractivity contribution in [3.8, 4) is 0 Å². The zero-order valence-electron chi connectivity index (χ0n) is 12.4. The van der Waals surface area contributed by atoms with Gasteiger partial charge in [-0.25, -0.2) is 0 Å². The number of aryl methyl sites for hydroxylation is 1. The van der Waals surface area contributed by atoms with Crippen molar-refractivity contribution in [3.05, 3.63) is 23.8 Å². The maximum atomic E-state index is 12.1. The molecule has 0 atom stereocenters. The maximum absolute atomic E-state index is 12.1. The molecule has 2 heterocycles. The third kappa shape index (κ3) is 2.40. The van der Waals surface area contributed by atoms with Crippen LogP contribution in [0, 0.1) is 0 Å². The monoisotopic (exact) mass is 273 g/mol. The first-order valence-electron chi connectivity index (χ1n) is 7.57. The molecule has 1 aromatic carbocycles. The minimum absolute atomic E-state index is 0.228. The molecule has 0 spiro atoms. The highest BCUT2D eigenvalue weighted by Crippen LogP contribution is 2.32. The summed E-state index contributed by atoms with van der Waals surface area (Å²) in [5, 5.41) is 3.38. The lowest BCUT2D eigenvalue weighted by Gasteiger charge is -2.35. The molecule has 1 saturated heterocycles. The molecule has 0 radical (unpaired) electrons. The Hall–Kier alpha value is -1.55. The molecular weight excluding hydrogens is 250 g/mol. The van der Waals surface area contributed by atoms with Crippen LogP contribution in [-0.4, -0.2) is 38.1 Å². The lowest BCUT2D eigenvalue weighted by atomic mass is 9.98. The topological polar surface area (TPSA) is 35.6 Å². The predicted molar refractivity (Wildman–Crippen MR) is 82.5 cm³/mol. The molecule has 1 amide bonds. The van der Waals surface area contributed by atoms with E-state index in [1.165, 1.54) is 11.3 Å². The predicted octanol–water partition coefficient (Wildman–Crippen LogP) is 1.78. The molecule has 1 aromatic rings. The van der Waals surface area contributed by atoms with Gasteiger partial charge in [-0.05, 0) is 44.0 Å². The van der Waals surface area contributed by atoms with Gasteiger partial charge in [-0.2, -0.15) is 0 Å². The van der Waals surface area contributed by atoms with Gasteiger partial charge in [-0.15, -0.1) is 0 Å². The van der Waals surface area contributed by atoms with E-state index in [0.29, 0.717) is 6.42 Å². The molecule has 1 fully saturated rings. The molecule has 0 aliphatic carbocycles. The second-order valence-corrected chi connectivity index (χ2v) is 5.91. The van der Waals surface area contributed by atoms with E-state index in [1.807, 2.05) is 4.90 Å². The van der Waals surface area contributed by atoms with E-state index >= 15 is 0 Å². The molecule has 0 unspecified atom stereocenters. The summed E-state index contributed by atoms with van der Waals surface area (Å²) in [4.78, 5) is 16.5. The van der Waals surface area contributed by atoms with E-state index in [9.17, 15) is 4.79 Å². The Morgan fingerprint density at radius 3 is 2.60 bits per heavy atom. The van der Waals surface area contributed by atoms with E-state index in [4.69, 9.17) is 0 Å². The number of rotatable bonds is 2. The van der Waals surface area contributed by atoms with Crippen LogP contribution in [0.5, 0.6) is 0 Å². The number of fused-ring (bicyclic) bond motifs is 1. The second-order valence-electron chi connectivity index (χ2n) is 5.91. The van der Waals surface area contributed by atoms with Crippen LogP contribution in [0.2, 0.25) is 0 Å². The van der Waals surface area contributed by atoms with Gasteiger partial charge in [0.05, 0.1) is 0 Å². The summed E-state index contributed by atoms with van der Waals surface area (Å²) < 4.78 is 0. The van der Waals surface area contributed by atoms with Crippen LogP contribution in [-0.2, 0) is 11.2 Å². The zero-order chi connectivity index (χ0) is 14.1. The Morgan fingerprint density at radius 2 is 1.90 bits per heavy atom. The standard InChI is InChI=1S/C16H23N3O/c1-12(2)19-15-5-4-14(18-9-7-17-8-10-18)11-13(15)3-6-16(19)20/h4-5,11-12,17H,3,6-10H2,1-2H3. The van der Waals surface area contributed by atoms with E-state index in [-0.39, 0.29) is 11.9 Å². The molecule has 0 bridgehead atoms. The number of carbonyl (C=O) groups is 1. The van der Waals surface area contributed by atoms with E-state index in [1.54, 1.807) is 0 Å². The fraction of sp³-hybridized carbons (Fsp3) is 0.562. The third-order valence-corrected chi connectivity index (χ3v) is 4.20. The maximum Gasteiger partial charge on any atom is 0.227 e. The Kier molecular flexibility index (Phi) is 3.66. The molecule has 20 heavy (non-hydrogen) atoms. The minimum atomic E-state index is 0.228. The number of carbonyl (C=O) groups excluding carboxylic acids is 1. The summed E-state index contributed by atoms with van der Waals surface area (Å²) in [6.45, 7) is 8.38. The number of piperazine rings is 1. The van der Waals surface area contributed by atoms with Crippen molar-refractivity contribution in [3.63, 3.8) is 0 Å². The Balaban J connectivity index is 1.91. The van der Waals surface area contributed by atoms with Gasteiger partial charge in [-0.1, -0.05) is 0 Å². The summed E-state index contributed by atoms with van der Waals surface area (Å²) in [6, 6.07) is 6.80. The molecule has 1 N–H and O–H groups in total. The van der Waals surface area contributed by atoms with Gasteiger partial charge in [0.1, 0.15) is 0 Å². The van der Waals surface area contributed by atoms with Gasteiger partial charge < -0.3 is 15.1 Å². The number of amides is 1. The van der Waals surface area contributed by atoms with Crippen LogP contribution in [0.25, 0.3) is 0 Å². The second kappa shape index (κ2) is 5.44. The molecular formula is C16H23N3O. The van der Waals surface area contributed by atoms with Crippen molar-refractivity contribution in [2.45, 2.75) is 32.7 Å². The molecule has 0 saturated carbocycles. The number of nitrogens with zero attached hydrogens (tertiary/aromatic N) is 2. The average Bonchev–Trinajstić information content (AvgIpc) is 2.47. The first-order valence-corrected chi connectivity index (χ1v) is 7.57. The molecule has 108 valence electrons. The van der Waals surface area contributed by atoms with Crippen molar-refractivity contribution in [2.24, 2.45) is 0 Å². The van der Waals surface area contributed by atoms with Crippen LogP contribution in [0.4, 0.5) is 11.4 Å². The lowest BCUT2D eigenvalue weighted by Crippen LogP contribution is -2.44. The van der Waals surface area contributed by atoms with Crippen molar-refractivity contribution >= 4 is 17.3 Å². The minimum Gasteiger partial charge on any atom is -0.369 e. The first kappa shape index (κ1) is 13.4. The molecule has 2 aliphatic rings. The van der Waals surface area contributed by atoms with Crippen molar-refractivity contribution < 1.29 is 4.79 Å². The van der Waals surface area contributed by atoms with E-state index in [0.717, 1.165) is 38.3 Å². The van der Waals surface area contributed by atoms with Crippen molar-refractivity contribution in [2.75, 3.05) is 36.0 Å². The summed E-state index contributed by atoms with van der Waals surface area (Å²) in [6.07, 6.45) is 1.51. The van der Waals surface area contributed by atoms with Gasteiger partial charge in [-0.3, -0.25) is 4.79 Å². The molecule has 3 rings (SSSR count). The average molecular weight is 273 g/mol. The van der Waals surface area contributed by atoms with Crippen molar-refractivity contribution in [1.82, 2.24) is 5.32 Å². The molecule has 4 heteroatoms. The summed E-state index contributed by atoms with van der Waals surface area (Å²) >= 11 is 0. The molecule has 2 aliphatic heterocycles. The number of benzene rings is 1. The highest BCUT2D eigenvalue weighted by molar-refractivity contribution is 5.97. The van der Waals surface area contributed by atoms with E-state index < -0.39 is 0 Å². The molecule has 0 aromatic heterocycles. The normalized spacial score (nSPS) is 19.4. The van der Waals surface area contributed by atoms with Crippen LogP contribution >= 0.6 is 0 Å². The smallest absolute Gasteiger partial charge is 0.227 e. The van der Waals surface area contributed by atoms with Gasteiger partial charge in [0.15, 0.2) is 0 Å². The quantitative estimate of drug-likeness (QED) is 0.892. The van der Waals surface area contributed by atoms with Gasteiger partial charge in [0, 0.05) is 50.0 Å². The fourth-order valence-corrected chi connectivity index (χ4v) is 3.19. The Labute approximate surface area is 120 Å². The van der Waals surface area contributed by atoms with Crippen molar-refractivity contribution in [1.29, 1.82) is 0 Å². The highest BCUT2D eigenvalue weighted by Gasteiger charge is 2.26. The zero-order valence-corrected chi connectivity index (χ0v) is 12.4. The van der Waals surface area contributed by atoms with Crippen LogP contribution < -0.4 is 15.1 Å². The summed E-state index contributed by atoms with van der Waals surface area (Å²) in [7, 11) is 0.